The Morgan fingerprint density at radius 2 is 1.96 bits per heavy atom. The van der Waals surface area contributed by atoms with Gasteiger partial charge in [0.2, 0.25) is 0 Å². The third-order valence-electron chi connectivity index (χ3n) is 4.92. The maximum Gasteiger partial charge on any atom is 0.263 e. The molecule has 0 fully saturated rings. The number of aromatic nitrogens is 3. The number of rotatable bonds is 6. The van der Waals surface area contributed by atoms with Gasteiger partial charge in [0.25, 0.3) is 5.91 Å². The number of nitrogens with zero attached hydrogens (tertiary/aromatic N) is 3. The predicted molar refractivity (Wildman–Crippen MR) is 115 cm³/mol. The number of hydrogen-bond acceptors (Lipinski definition) is 4. The van der Waals surface area contributed by atoms with Gasteiger partial charge in [0.15, 0.2) is 0 Å². The van der Waals surface area contributed by atoms with Crippen molar-refractivity contribution in [3.05, 3.63) is 59.1 Å². The lowest BCUT2D eigenvalue weighted by Gasteiger charge is -2.31. The molecule has 28 heavy (non-hydrogen) atoms. The number of carbonyl (C=O) groups excluding carboxylic acids is 1. The summed E-state index contributed by atoms with van der Waals surface area (Å²) >= 11 is 1.45. The molecular formula is C22H28N4OS. The molecule has 3 aromatic rings. The summed E-state index contributed by atoms with van der Waals surface area (Å²) in [6, 6.07) is 8.37. The van der Waals surface area contributed by atoms with E-state index in [9.17, 15) is 4.79 Å². The van der Waals surface area contributed by atoms with E-state index in [0.29, 0.717) is 11.4 Å². The van der Waals surface area contributed by atoms with Crippen molar-refractivity contribution < 1.29 is 4.79 Å². The molecule has 0 aliphatic carbocycles. The van der Waals surface area contributed by atoms with Gasteiger partial charge in [-0.3, -0.25) is 4.79 Å². The first-order valence-corrected chi connectivity index (χ1v) is 10.4. The average molecular weight is 397 g/mol. The highest BCUT2D eigenvalue weighted by Gasteiger charge is 2.28. The minimum atomic E-state index is -0.0860. The van der Waals surface area contributed by atoms with Gasteiger partial charge in [-0.25, -0.2) is 9.97 Å². The van der Waals surface area contributed by atoms with Crippen LogP contribution in [0, 0.1) is 12.3 Å². The minimum Gasteiger partial charge on any atom is -0.346 e. The van der Waals surface area contributed by atoms with Crippen molar-refractivity contribution in [1.82, 2.24) is 19.9 Å². The molecule has 0 radical (unpaired) electrons. The van der Waals surface area contributed by atoms with Crippen LogP contribution in [0.3, 0.4) is 0 Å². The second-order valence-electron chi connectivity index (χ2n) is 8.14. The van der Waals surface area contributed by atoms with Gasteiger partial charge in [-0.1, -0.05) is 52.0 Å². The largest absolute Gasteiger partial charge is 0.346 e. The summed E-state index contributed by atoms with van der Waals surface area (Å²) in [6.45, 7) is 11.1. The first kappa shape index (κ1) is 20.3. The number of carbonyl (C=O) groups is 1. The standard InChI is InChI=1S/C22H28N4OS/c1-6-16-7-9-17(10-8-16)21-24-15(2)19(28-21)20(27)25-18(22(3,4)5)13-26-12-11-23-14-26/h7-12,14,18H,6,13H2,1-5H3,(H,25,27). The number of thiazole rings is 1. The van der Waals surface area contributed by atoms with Crippen molar-refractivity contribution in [2.24, 2.45) is 5.41 Å². The number of benzene rings is 1. The Balaban J connectivity index is 1.79. The third kappa shape index (κ3) is 4.68. The molecule has 2 aromatic heterocycles. The highest BCUT2D eigenvalue weighted by Crippen LogP contribution is 2.29. The fraction of sp³-hybridized carbons (Fsp3) is 0.409. The number of amides is 1. The van der Waals surface area contributed by atoms with Crippen LogP contribution in [0.1, 0.15) is 48.6 Å². The molecule has 1 aromatic carbocycles. The van der Waals surface area contributed by atoms with Crippen molar-refractivity contribution in [2.45, 2.75) is 53.6 Å². The number of imidazole rings is 1. The predicted octanol–water partition coefficient (Wildman–Crippen LogP) is 4.72. The molecule has 3 rings (SSSR count). The van der Waals surface area contributed by atoms with Crippen LogP contribution in [-0.2, 0) is 13.0 Å². The zero-order valence-corrected chi connectivity index (χ0v) is 18.0. The molecule has 6 heteroatoms. The molecule has 1 unspecified atom stereocenters. The summed E-state index contributed by atoms with van der Waals surface area (Å²) < 4.78 is 2.00. The normalized spacial score (nSPS) is 12.8. The van der Waals surface area contributed by atoms with Crippen molar-refractivity contribution in [1.29, 1.82) is 0 Å². The van der Waals surface area contributed by atoms with Crippen LogP contribution in [0.25, 0.3) is 10.6 Å². The molecule has 0 saturated carbocycles. The van der Waals surface area contributed by atoms with Crippen LogP contribution >= 0.6 is 11.3 Å². The van der Waals surface area contributed by atoms with E-state index in [1.807, 2.05) is 17.7 Å². The van der Waals surface area contributed by atoms with Gasteiger partial charge in [-0.15, -0.1) is 11.3 Å². The molecule has 0 aliphatic rings. The van der Waals surface area contributed by atoms with Crippen molar-refractivity contribution >= 4 is 17.2 Å². The molecule has 1 amide bonds. The van der Waals surface area contributed by atoms with Crippen LogP contribution in [0.5, 0.6) is 0 Å². The van der Waals surface area contributed by atoms with Crippen LogP contribution in [0.4, 0.5) is 0 Å². The van der Waals surface area contributed by atoms with Gasteiger partial charge in [0, 0.05) is 24.5 Å². The molecule has 1 atom stereocenters. The zero-order chi connectivity index (χ0) is 20.3. The number of hydrogen-bond donors (Lipinski definition) is 1. The fourth-order valence-electron chi connectivity index (χ4n) is 2.98. The third-order valence-corrected chi connectivity index (χ3v) is 6.12. The van der Waals surface area contributed by atoms with E-state index in [1.54, 1.807) is 12.5 Å². The van der Waals surface area contributed by atoms with Crippen LogP contribution in [0.2, 0.25) is 0 Å². The first-order valence-electron chi connectivity index (χ1n) is 9.61. The minimum absolute atomic E-state index is 0.0250. The molecule has 5 nitrogen and oxygen atoms in total. The van der Waals surface area contributed by atoms with E-state index in [4.69, 9.17) is 0 Å². The lowest BCUT2D eigenvalue weighted by Crippen LogP contribution is -2.46. The van der Waals surface area contributed by atoms with E-state index in [0.717, 1.165) is 22.7 Å². The SMILES string of the molecule is CCc1ccc(-c2nc(C)c(C(=O)NC(Cn3ccnc3)C(C)(C)C)s2)cc1. The molecule has 0 saturated heterocycles. The molecule has 1 N–H and O–H groups in total. The molecular weight excluding hydrogens is 368 g/mol. The van der Waals surface area contributed by atoms with Crippen LogP contribution < -0.4 is 5.32 Å². The van der Waals surface area contributed by atoms with E-state index >= 15 is 0 Å². The lowest BCUT2D eigenvalue weighted by atomic mass is 9.86. The monoisotopic (exact) mass is 396 g/mol. The number of aryl methyl sites for hydroxylation is 2. The Hall–Kier alpha value is -2.47. The second-order valence-corrected chi connectivity index (χ2v) is 9.13. The Labute approximate surface area is 170 Å². The molecule has 0 bridgehead atoms. The maximum atomic E-state index is 13.0. The summed E-state index contributed by atoms with van der Waals surface area (Å²) in [4.78, 5) is 22.5. The van der Waals surface area contributed by atoms with Gasteiger partial charge < -0.3 is 9.88 Å². The Kier molecular flexibility index (Phi) is 5.98. The molecule has 2 heterocycles. The van der Waals surface area contributed by atoms with Crippen molar-refractivity contribution in [3.63, 3.8) is 0 Å². The van der Waals surface area contributed by atoms with Gasteiger partial charge >= 0.3 is 0 Å². The molecule has 0 spiro atoms. The Morgan fingerprint density at radius 3 is 2.54 bits per heavy atom. The quantitative estimate of drug-likeness (QED) is 0.656. The zero-order valence-electron chi connectivity index (χ0n) is 17.2. The highest BCUT2D eigenvalue weighted by atomic mass is 32.1. The number of nitrogens with one attached hydrogen (secondary N) is 1. The van der Waals surface area contributed by atoms with E-state index < -0.39 is 0 Å². The Bertz CT molecular complexity index is 921. The summed E-state index contributed by atoms with van der Waals surface area (Å²) in [5, 5.41) is 4.10. The van der Waals surface area contributed by atoms with Gasteiger partial charge in [-0.05, 0) is 24.3 Å². The van der Waals surface area contributed by atoms with Gasteiger partial charge in [-0.2, -0.15) is 0 Å². The fourth-order valence-corrected chi connectivity index (χ4v) is 3.95. The van der Waals surface area contributed by atoms with Crippen molar-refractivity contribution in [2.75, 3.05) is 0 Å². The van der Waals surface area contributed by atoms with Crippen LogP contribution in [-0.4, -0.2) is 26.5 Å². The average Bonchev–Trinajstić information content (AvgIpc) is 3.30. The smallest absolute Gasteiger partial charge is 0.263 e. The van der Waals surface area contributed by atoms with E-state index in [1.165, 1.54) is 16.9 Å². The highest BCUT2D eigenvalue weighted by molar-refractivity contribution is 7.17. The molecule has 0 aliphatic heterocycles. The van der Waals surface area contributed by atoms with E-state index in [-0.39, 0.29) is 17.4 Å². The summed E-state index contributed by atoms with van der Waals surface area (Å²) in [7, 11) is 0. The summed E-state index contributed by atoms with van der Waals surface area (Å²) in [5.74, 6) is -0.0635. The van der Waals surface area contributed by atoms with Gasteiger partial charge in [0.05, 0.1) is 18.1 Å². The summed E-state index contributed by atoms with van der Waals surface area (Å²) in [5.41, 5.74) is 3.03. The topological polar surface area (TPSA) is 59.8 Å². The molecule has 148 valence electrons. The maximum absolute atomic E-state index is 13.0. The Morgan fingerprint density at radius 1 is 1.25 bits per heavy atom. The van der Waals surface area contributed by atoms with Crippen molar-refractivity contribution in [3.8, 4) is 10.6 Å². The van der Waals surface area contributed by atoms with Gasteiger partial charge in [0.1, 0.15) is 9.88 Å². The van der Waals surface area contributed by atoms with Crippen LogP contribution in [0.15, 0.2) is 43.0 Å². The lowest BCUT2D eigenvalue weighted by molar-refractivity contribution is 0.0896. The first-order chi connectivity index (χ1) is 13.3. The van der Waals surface area contributed by atoms with E-state index in [2.05, 4.69) is 67.2 Å². The second kappa shape index (κ2) is 8.27. The summed E-state index contributed by atoms with van der Waals surface area (Å²) in [6.07, 6.45) is 6.46.